The molecule has 0 N–H and O–H groups in total. The fourth-order valence-corrected chi connectivity index (χ4v) is 3.24. The Balaban J connectivity index is 2.52. The van der Waals surface area contributed by atoms with Crippen molar-refractivity contribution >= 4 is 15.0 Å². The quantitative estimate of drug-likeness (QED) is 0.503. The van der Waals surface area contributed by atoms with Crippen LogP contribution >= 0.6 is 0 Å². The number of allylic oxidation sites excluding steroid dienone is 6. The van der Waals surface area contributed by atoms with E-state index in [1.807, 2.05) is 0 Å². The van der Waals surface area contributed by atoms with E-state index in [9.17, 15) is 0 Å². The molecule has 0 atom stereocenters. The molecule has 0 unspecified atom stereocenters. The predicted octanol–water partition coefficient (Wildman–Crippen LogP) is 1.89. The molecule has 1 heterocycles. The Hall–Kier alpha value is -0.261. The second-order valence-electron chi connectivity index (χ2n) is 2.31. The van der Waals surface area contributed by atoms with Crippen LogP contribution in [-0.4, -0.2) is 15.0 Å². The molecule has 0 bridgehead atoms. The van der Waals surface area contributed by atoms with E-state index in [0.29, 0.717) is 0 Å². The normalized spacial score (nSPS) is 23.0. The van der Waals surface area contributed by atoms with Crippen LogP contribution in [0.4, 0.5) is 0 Å². The van der Waals surface area contributed by atoms with Gasteiger partial charge in [-0.15, -0.1) is 0 Å². The van der Waals surface area contributed by atoms with Crippen LogP contribution in [0.3, 0.4) is 0 Å². The fourth-order valence-electron chi connectivity index (χ4n) is 1.19. The van der Waals surface area contributed by atoms with E-state index < -0.39 is 0 Å². The van der Waals surface area contributed by atoms with E-state index >= 15 is 0 Å². The van der Waals surface area contributed by atoms with Gasteiger partial charge in [-0.3, -0.25) is 0 Å². The molecule has 0 aromatic heterocycles. The molecular formula is C8H8Se. The maximum absolute atomic E-state index is 2.26. The maximum atomic E-state index is 2.26. The molecule has 0 saturated heterocycles. The van der Waals surface area contributed by atoms with Crippen LogP contribution in [0.1, 0.15) is 6.92 Å². The van der Waals surface area contributed by atoms with Crippen molar-refractivity contribution in [2.75, 3.05) is 0 Å². The summed E-state index contributed by atoms with van der Waals surface area (Å²) in [5.41, 5.74) is 3.11. The molecule has 0 spiro atoms. The summed E-state index contributed by atoms with van der Waals surface area (Å²) < 4.78 is 1.63. The van der Waals surface area contributed by atoms with Crippen molar-refractivity contribution in [3.8, 4) is 0 Å². The van der Waals surface area contributed by atoms with E-state index in [-0.39, 0.29) is 0 Å². The summed E-state index contributed by atoms with van der Waals surface area (Å²) >= 11 is 0.784. The van der Waals surface area contributed by atoms with E-state index in [4.69, 9.17) is 0 Å². The Kier molecular flexibility index (Phi) is 1.14. The summed E-state index contributed by atoms with van der Waals surface area (Å²) in [7, 11) is 0. The summed E-state index contributed by atoms with van der Waals surface area (Å²) in [4.78, 5) is 0. The zero-order valence-corrected chi connectivity index (χ0v) is 7.06. The number of hydrogen-bond donors (Lipinski definition) is 0. The molecular weight excluding hydrogens is 175 g/mol. The number of rotatable bonds is 0. The minimum atomic E-state index is 0.784. The van der Waals surface area contributed by atoms with Gasteiger partial charge in [0.05, 0.1) is 0 Å². The monoisotopic (exact) mass is 184 g/mol. The van der Waals surface area contributed by atoms with Crippen molar-refractivity contribution in [3.63, 3.8) is 0 Å². The third kappa shape index (κ3) is 0.726. The van der Waals surface area contributed by atoms with Crippen LogP contribution in [0.2, 0.25) is 5.32 Å². The molecule has 2 rings (SSSR count). The topological polar surface area (TPSA) is 0 Å². The Morgan fingerprint density at radius 1 is 1.56 bits per heavy atom. The van der Waals surface area contributed by atoms with Crippen molar-refractivity contribution in [3.05, 3.63) is 33.8 Å². The van der Waals surface area contributed by atoms with E-state index in [1.165, 1.54) is 10.9 Å². The summed E-state index contributed by atoms with van der Waals surface area (Å²) in [5, 5.41) is 1.33. The standard InChI is InChI=1S/C8H8Se/c1-6-8-4-2-3-7(8)5-9-6/h2-4H,5H2,1H3. The van der Waals surface area contributed by atoms with E-state index in [2.05, 4.69) is 25.2 Å². The molecule has 1 aliphatic carbocycles. The van der Waals surface area contributed by atoms with Gasteiger partial charge in [0.15, 0.2) is 0 Å². The van der Waals surface area contributed by atoms with Crippen LogP contribution in [0, 0.1) is 0 Å². The first-order valence-electron chi connectivity index (χ1n) is 3.09. The van der Waals surface area contributed by atoms with Crippen LogP contribution in [0.5, 0.6) is 0 Å². The van der Waals surface area contributed by atoms with Gasteiger partial charge in [-0.1, -0.05) is 0 Å². The van der Waals surface area contributed by atoms with Gasteiger partial charge in [0.2, 0.25) is 0 Å². The van der Waals surface area contributed by atoms with Gasteiger partial charge in [0.25, 0.3) is 0 Å². The molecule has 2 aliphatic rings. The molecule has 0 nitrogen and oxygen atoms in total. The van der Waals surface area contributed by atoms with Crippen LogP contribution in [0.15, 0.2) is 33.8 Å². The predicted molar refractivity (Wildman–Crippen MR) is 40.5 cm³/mol. The van der Waals surface area contributed by atoms with Crippen LogP contribution in [-0.2, 0) is 0 Å². The first-order chi connectivity index (χ1) is 4.38. The van der Waals surface area contributed by atoms with Crippen molar-refractivity contribution in [1.82, 2.24) is 0 Å². The second kappa shape index (κ2) is 1.86. The Labute approximate surface area is 61.5 Å². The molecule has 9 heavy (non-hydrogen) atoms. The Bertz CT molecular complexity index is 231. The molecule has 1 heteroatoms. The molecule has 1 aliphatic heterocycles. The van der Waals surface area contributed by atoms with Crippen molar-refractivity contribution in [1.29, 1.82) is 0 Å². The third-order valence-corrected chi connectivity index (χ3v) is 4.05. The third-order valence-electron chi connectivity index (χ3n) is 1.73. The molecule has 0 saturated carbocycles. The summed E-state index contributed by atoms with van der Waals surface area (Å²) in [5.74, 6) is 0. The first kappa shape index (κ1) is 5.52. The zero-order chi connectivity index (χ0) is 6.27. The molecule has 46 valence electrons. The van der Waals surface area contributed by atoms with Crippen LogP contribution < -0.4 is 0 Å². The number of fused-ring (bicyclic) bond motifs is 1. The van der Waals surface area contributed by atoms with Gasteiger partial charge < -0.3 is 0 Å². The van der Waals surface area contributed by atoms with E-state index in [1.54, 1.807) is 10.0 Å². The van der Waals surface area contributed by atoms with Gasteiger partial charge in [0.1, 0.15) is 0 Å². The molecule has 0 radical (unpaired) electrons. The van der Waals surface area contributed by atoms with Crippen molar-refractivity contribution < 1.29 is 0 Å². The fraction of sp³-hybridized carbons (Fsp3) is 0.250. The summed E-state index contributed by atoms with van der Waals surface area (Å²) in [6.45, 7) is 2.26. The number of hydrogen-bond acceptors (Lipinski definition) is 0. The average Bonchev–Trinajstić information content (AvgIpc) is 2.35. The second-order valence-corrected chi connectivity index (χ2v) is 4.81. The zero-order valence-electron chi connectivity index (χ0n) is 5.35. The summed E-state index contributed by atoms with van der Waals surface area (Å²) in [6, 6.07) is 0. The Morgan fingerprint density at radius 2 is 2.44 bits per heavy atom. The van der Waals surface area contributed by atoms with Gasteiger partial charge in [-0.2, -0.15) is 0 Å². The van der Waals surface area contributed by atoms with Crippen molar-refractivity contribution in [2.45, 2.75) is 12.2 Å². The van der Waals surface area contributed by atoms with E-state index in [0.717, 1.165) is 15.0 Å². The average molecular weight is 183 g/mol. The van der Waals surface area contributed by atoms with Gasteiger partial charge >= 0.3 is 61.0 Å². The molecule has 0 amide bonds. The van der Waals surface area contributed by atoms with Crippen LogP contribution in [0.25, 0.3) is 0 Å². The Morgan fingerprint density at radius 3 is 3.22 bits per heavy atom. The molecule has 0 fully saturated rings. The first-order valence-corrected chi connectivity index (χ1v) is 5.16. The van der Waals surface area contributed by atoms with Gasteiger partial charge in [-0.05, 0) is 0 Å². The van der Waals surface area contributed by atoms with Crippen molar-refractivity contribution in [2.24, 2.45) is 0 Å². The SMILES string of the molecule is CC1=C2C=CC=C2C[Se]1. The van der Waals surface area contributed by atoms with Gasteiger partial charge in [-0.25, -0.2) is 0 Å². The van der Waals surface area contributed by atoms with Gasteiger partial charge in [0, 0.05) is 0 Å². The molecule has 0 aromatic carbocycles. The minimum absolute atomic E-state index is 0.784. The molecule has 0 aromatic rings. The summed E-state index contributed by atoms with van der Waals surface area (Å²) in [6.07, 6.45) is 6.64.